The molecule has 0 bridgehead atoms. The molecule has 1 fully saturated rings. The molecule has 2 amide bonds. The molecule has 1 aliphatic heterocycles. The van der Waals surface area contributed by atoms with E-state index in [9.17, 15) is 9.59 Å². The van der Waals surface area contributed by atoms with Gasteiger partial charge in [-0.05, 0) is 48.4 Å². The van der Waals surface area contributed by atoms with Gasteiger partial charge in [0.1, 0.15) is 0 Å². The summed E-state index contributed by atoms with van der Waals surface area (Å²) in [6, 6.07) is 9.68. The molecule has 4 rings (SSSR count). The number of anilines is 2. The van der Waals surface area contributed by atoms with Crippen LogP contribution in [0.3, 0.4) is 0 Å². The molecule has 2 aliphatic rings. The summed E-state index contributed by atoms with van der Waals surface area (Å²) in [7, 11) is 0. The van der Waals surface area contributed by atoms with Crippen molar-refractivity contribution in [3.8, 4) is 0 Å². The van der Waals surface area contributed by atoms with Crippen molar-refractivity contribution in [2.24, 2.45) is 5.92 Å². The van der Waals surface area contributed by atoms with Crippen molar-refractivity contribution in [1.29, 1.82) is 0 Å². The first kappa shape index (κ1) is 15.4. The van der Waals surface area contributed by atoms with Crippen LogP contribution in [0, 0.1) is 5.92 Å². The van der Waals surface area contributed by atoms with Gasteiger partial charge in [0.05, 0.1) is 4.88 Å². The molecule has 1 aromatic carbocycles. The van der Waals surface area contributed by atoms with Crippen LogP contribution in [-0.4, -0.2) is 18.4 Å². The van der Waals surface area contributed by atoms with Crippen LogP contribution in [0.5, 0.6) is 0 Å². The first-order valence-electron chi connectivity index (χ1n) is 8.51. The number of fused-ring (bicyclic) bond motifs is 1. The smallest absolute Gasteiger partial charge is 0.268 e. The highest BCUT2D eigenvalue weighted by molar-refractivity contribution is 7.12. The van der Waals surface area contributed by atoms with E-state index in [0.29, 0.717) is 6.54 Å². The number of hydrogen-bond donors (Lipinski definition) is 1. The number of benzene rings is 1. The van der Waals surface area contributed by atoms with Gasteiger partial charge < -0.3 is 10.2 Å². The van der Waals surface area contributed by atoms with Crippen molar-refractivity contribution < 1.29 is 9.59 Å². The van der Waals surface area contributed by atoms with E-state index in [2.05, 4.69) is 5.32 Å². The molecule has 0 saturated heterocycles. The zero-order chi connectivity index (χ0) is 16.5. The Morgan fingerprint density at radius 3 is 2.75 bits per heavy atom. The van der Waals surface area contributed by atoms with E-state index in [1.54, 1.807) is 0 Å². The molecule has 0 spiro atoms. The number of nitrogens with zero attached hydrogens (tertiary/aromatic N) is 1. The van der Waals surface area contributed by atoms with Crippen LogP contribution >= 0.6 is 11.3 Å². The maximum atomic E-state index is 12.7. The highest BCUT2D eigenvalue weighted by Gasteiger charge is 2.27. The fraction of sp³-hybridized carbons (Fsp3) is 0.368. The van der Waals surface area contributed by atoms with E-state index in [-0.39, 0.29) is 17.7 Å². The van der Waals surface area contributed by atoms with Gasteiger partial charge in [0.2, 0.25) is 5.91 Å². The van der Waals surface area contributed by atoms with E-state index >= 15 is 0 Å². The molecule has 1 N–H and O–H groups in total. The topological polar surface area (TPSA) is 49.4 Å². The SMILES string of the molecule is O=C(Nc1ccc2c(c1)N(C(=O)c1cccs1)CC2)C1CCCC1. The molecule has 0 atom stereocenters. The molecule has 4 nitrogen and oxygen atoms in total. The second-order valence-corrected chi connectivity index (χ2v) is 7.45. The first-order chi connectivity index (χ1) is 11.7. The molecule has 0 radical (unpaired) electrons. The summed E-state index contributed by atoms with van der Waals surface area (Å²) in [5.74, 6) is 0.298. The maximum absolute atomic E-state index is 12.7. The van der Waals surface area contributed by atoms with Crippen LogP contribution in [0.2, 0.25) is 0 Å². The molecule has 0 unspecified atom stereocenters. The zero-order valence-corrected chi connectivity index (χ0v) is 14.3. The van der Waals surface area contributed by atoms with Crippen LogP contribution in [0.4, 0.5) is 11.4 Å². The van der Waals surface area contributed by atoms with Crippen molar-refractivity contribution in [2.45, 2.75) is 32.1 Å². The van der Waals surface area contributed by atoms with E-state index in [0.717, 1.165) is 48.4 Å². The molecular weight excluding hydrogens is 320 g/mol. The number of thiophene rings is 1. The van der Waals surface area contributed by atoms with Crippen LogP contribution in [0.1, 0.15) is 40.9 Å². The Hall–Kier alpha value is -2.14. The Labute approximate surface area is 145 Å². The van der Waals surface area contributed by atoms with Gasteiger partial charge in [0.15, 0.2) is 0 Å². The number of carbonyl (C=O) groups is 2. The normalized spacial score (nSPS) is 17.1. The maximum Gasteiger partial charge on any atom is 0.268 e. The van der Waals surface area contributed by atoms with Gasteiger partial charge in [-0.1, -0.05) is 25.0 Å². The fourth-order valence-corrected chi connectivity index (χ4v) is 4.31. The third-order valence-electron chi connectivity index (χ3n) is 4.95. The highest BCUT2D eigenvalue weighted by Crippen LogP contribution is 2.33. The van der Waals surface area contributed by atoms with E-state index in [1.165, 1.54) is 16.9 Å². The minimum absolute atomic E-state index is 0.0445. The number of hydrogen-bond acceptors (Lipinski definition) is 3. The van der Waals surface area contributed by atoms with Crippen LogP contribution in [0.25, 0.3) is 0 Å². The van der Waals surface area contributed by atoms with E-state index in [4.69, 9.17) is 0 Å². The van der Waals surface area contributed by atoms with Crippen molar-refractivity contribution in [1.82, 2.24) is 0 Å². The summed E-state index contributed by atoms with van der Waals surface area (Å²) in [5.41, 5.74) is 2.88. The standard InChI is InChI=1S/C19H20N2O2S/c22-18(14-4-1-2-5-14)20-15-8-7-13-9-10-21(16(13)12-15)19(23)17-6-3-11-24-17/h3,6-8,11-12,14H,1-2,4-5,9-10H2,(H,20,22). The number of amides is 2. The van der Waals surface area contributed by atoms with Crippen molar-refractivity contribution >= 4 is 34.5 Å². The molecule has 5 heteroatoms. The lowest BCUT2D eigenvalue weighted by Crippen LogP contribution is -2.28. The molecule has 2 heterocycles. The molecule has 1 aliphatic carbocycles. The summed E-state index contributed by atoms with van der Waals surface area (Å²) in [5, 5.41) is 4.95. The van der Waals surface area contributed by atoms with Gasteiger partial charge in [-0.3, -0.25) is 9.59 Å². The van der Waals surface area contributed by atoms with E-state index in [1.807, 2.05) is 40.6 Å². The number of rotatable bonds is 3. The van der Waals surface area contributed by atoms with Gasteiger partial charge in [0.25, 0.3) is 5.91 Å². The predicted octanol–water partition coefficient (Wildman–Crippen LogP) is 4.08. The van der Waals surface area contributed by atoms with Crippen molar-refractivity contribution in [2.75, 3.05) is 16.8 Å². The quantitative estimate of drug-likeness (QED) is 0.915. The molecule has 24 heavy (non-hydrogen) atoms. The van der Waals surface area contributed by atoms with Crippen molar-refractivity contribution in [3.63, 3.8) is 0 Å². The van der Waals surface area contributed by atoms with Crippen LogP contribution < -0.4 is 10.2 Å². The molecular formula is C19H20N2O2S. The lowest BCUT2D eigenvalue weighted by molar-refractivity contribution is -0.119. The van der Waals surface area contributed by atoms with Gasteiger partial charge in [-0.15, -0.1) is 11.3 Å². The predicted molar refractivity (Wildman–Crippen MR) is 96.7 cm³/mol. The summed E-state index contributed by atoms with van der Waals surface area (Å²) >= 11 is 1.46. The Kier molecular flexibility index (Phi) is 4.10. The second-order valence-electron chi connectivity index (χ2n) is 6.50. The fourth-order valence-electron chi connectivity index (χ4n) is 3.63. The Bertz CT molecular complexity index is 764. The third-order valence-corrected chi connectivity index (χ3v) is 5.81. The summed E-state index contributed by atoms with van der Waals surface area (Å²) in [4.78, 5) is 27.6. The average molecular weight is 340 g/mol. The lowest BCUT2D eigenvalue weighted by Gasteiger charge is -2.18. The van der Waals surface area contributed by atoms with Gasteiger partial charge in [0, 0.05) is 23.8 Å². The summed E-state index contributed by atoms with van der Waals surface area (Å²) in [6.45, 7) is 0.700. The van der Waals surface area contributed by atoms with Crippen LogP contribution in [0.15, 0.2) is 35.7 Å². The van der Waals surface area contributed by atoms with Crippen LogP contribution in [-0.2, 0) is 11.2 Å². The minimum atomic E-state index is 0.0445. The minimum Gasteiger partial charge on any atom is -0.326 e. The average Bonchev–Trinajstić information content (AvgIpc) is 3.33. The molecule has 1 saturated carbocycles. The summed E-state index contributed by atoms with van der Waals surface area (Å²) < 4.78 is 0. The molecule has 124 valence electrons. The zero-order valence-electron chi connectivity index (χ0n) is 13.5. The largest absolute Gasteiger partial charge is 0.326 e. The highest BCUT2D eigenvalue weighted by atomic mass is 32.1. The number of nitrogens with one attached hydrogen (secondary N) is 1. The molecule has 2 aromatic rings. The summed E-state index contributed by atoms with van der Waals surface area (Å²) in [6.07, 6.45) is 5.12. The van der Waals surface area contributed by atoms with Gasteiger partial charge >= 0.3 is 0 Å². The third kappa shape index (κ3) is 2.84. The lowest BCUT2D eigenvalue weighted by atomic mass is 10.1. The number of carbonyl (C=O) groups excluding carboxylic acids is 2. The first-order valence-corrected chi connectivity index (χ1v) is 9.39. The Morgan fingerprint density at radius 2 is 2.00 bits per heavy atom. The van der Waals surface area contributed by atoms with E-state index < -0.39 is 0 Å². The Balaban J connectivity index is 1.54. The monoisotopic (exact) mass is 340 g/mol. The van der Waals surface area contributed by atoms with Gasteiger partial charge in [-0.2, -0.15) is 0 Å². The van der Waals surface area contributed by atoms with Crippen molar-refractivity contribution in [3.05, 3.63) is 46.2 Å². The Morgan fingerprint density at radius 1 is 1.17 bits per heavy atom. The second kappa shape index (κ2) is 6.40. The van der Waals surface area contributed by atoms with Gasteiger partial charge in [-0.25, -0.2) is 0 Å². The molecule has 1 aromatic heterocycles.